The van der Waals surface area contributed by atoms with Crippen LogP contribution in [0.1, 0.15) is 22.6 Å². The molecule has 0 unspecified atom stereocenters. The van der Waals surface area contributed by atoms with E-state index in [4.69, 9.17) is 0 Å². The molecule has 1 aliphatic heterocycles. The molecule has 8 heteroatoms. The van der Waals surface area contributed by atoms with Crippen LogP contribution >= 0.6 is 24.8 Å². The molecule has 1 aromatic carbocycles. The van der Waals surface area contributed by atoms with Crippen LogP contribution in [-0.2, 0) is 19.3 Å². The fraction of sp³-hybridized carbons (Fsp3) is 0.350. The molecule has 0 saturated heterocycles. The quantitative estimate of drug-likeness (QED) is 0.663. The van der Waals surface area contributed by atoms with Crippen molar-refractivity contribution < 1.29 is 0 Å². The summed E-state index contributed by atoms with van der Waals surface area (Å²) in [5.74, 6) is 1.83. The number of para-hydroxylation sites is 1. The molecule has 150 valence electrons. The second-order valence-electron chi connectivity index (χ2n) is 6.60. The van der Waals surface area contributed by atoms with E-state index in [1.54, 1.807) is 0 Å². The highest BCUT2D eigenvalue weighted by molar-refractivity contribution is 5.85. The smallest absolute Gasteiger partial charge is 0.133 e. The summed E-state index contributed by atoms with van der Waals surface area (Å²) in [4.78, 5) is 9.27. The number of hydrogen-bond acceptors (Lipinski definition) is 5. The molecule has 0 amide bonds. The first-order valence-corrected chi connectivity index (χ1v) is 9.19. The number of nitrogens with zero attached hydrogens (tertiary/aromatic N) is 4. The molecule has 2 N–H and O–H groups in total. The van der Waals surface area contributed by atoms with E-state index in [-0.39, 0.29) is 24.8 Å². The predicted molar refractivity (Wildman–Crippen MR) is 117 cm³/mol. The summed E-state index contributed by atoms with van der Waals surface area (Å²) in [7, 11) is 0. The Bertz CT molecular complexity index is 882. The number of rotatable bonds is 5. The number of benzene rings is 1. The van der Waals surface area contributed by atoms with Gasteiger partial charge in [0.05, 0.1) is 17.6 Å². The van der Waals surface area contributed by atoms with Crippen molar-refractivity contribution in [3.05, 3.63) is 65.4 Å². The van der Waals surface area contributed by atoms with Gasteiger partial charge in [0.25, 0.3) is 0 Å². The highest BCUT2D eigenvalue weighted by atomic mass is 35.5. The Morgan fingerprint density at radius 2 is 1.86 bits per heavy atom. The zero-order chi connectivity index (χ0) is 17.8. The lowest BCUT2D eigenvalue weighted by Crippen LogP contribution is -2.16. The SMILES string of the molecule is Cc1nc2c(c(NCCc3cnn(-c4ccccc4)c3)n1)CCNCC2.Cl.Cl. The molecule has 0 spiro atoms. The largest absolute Gasteiger partial charge is 0.369 e. The first-order valence-electron chi connectivity index (χ1n) is 9.19. The Hall–Kier alpha value is -2.15. The first kappa shape index (κ1) is 22.1. The molecule has 3 aromatic rings. The molecular weight excluding hydrogens is 395 g/mol. The van der Waals surface area contributed by atoms with Crippen molar-refractivity contribution in [2.45, 2.75) is 26.2 Å². The van der Waals surface area contributed by atoms with Gasteiger partial charge in [-0.2, -0.15) is 5.10 Å². The second-order valence-corrected chi connectivity index (χ2v) is 6.60. The molecule has 0 atom stereocenters. The van der Waals surface area contributed by atoms with Crippen molar-refractivity contribution in [2.24, 2.45) is 0 Å². The summed E-state index contributed by atoms with van der Waals surface area (Å²) >= 11 is 0. The van der Waals surface area contributed by atoms with E-state index in [0.717, 1.165) is 56.2 Å². The Balaban J connectivity index is 0.00000140. The molecule has 0 radical (unpaired) electrons. The standard InChI is InChI=1S/C20H24N6.2ClH/c1-15-24-19-9-11-21-10-8-18(19)20(25-15)22-12-7-16-13-23-26(14-16)17-5-3-2-4-6-17;;/h2-6,13-14,21H,7-12H2,1H3,(H,22,24,25);2*1H. The van der Waals surface area contributed by atoms with Crippen LogP contribution < -0.4 is 10.6 Å². The average Bonchev–Trinajstić information content (AvgIpc) is 3.00. The Morgan fingerprint density at radius 3 is 2.68 bits per heavy atom. The molecule has 0 saturated carbocycles. The monoisotopic (exact) mass is 420 g/mol. The third-order valence-corrected chi connectivity index (χ3v) is 4.66. The fourth-order valence-corrected chi connectivity index (χ4v) is 3.35. The summed E-state index contributed by atoms with van der Waals surface area (Å²) in [5.41, 5.74) is 4.73. The third-order valence-electron chi connectivity index (χ3n) is 4.66. The predicted octanol–water partition coefficient (Wildman–Crippen LogP) is 3.16. The summed E-state index contributed by atoms with van der Waals surface area (Å²) < 4.78 is 1.92. The Labute approximate surface area is 178 Å². The number of hydrogen-bond donors (Lipinski definition) is 2. The van der Waals surface area contributed by atoms with E-state index in [1.807, 2.05) is 36.0 Å². The van der Waals surface area contributed by atoms with E-state index < -0.39 is 0 Å². The van der Waals surface area contributed by atoms with Gasteiger partial charge in [-0.3, -0.25) is 0 Å². The van der Waals surface area contributed by atoms with Crippen molar-refractivity contribution in [1.29, 1.82) is 0 Å². The van der Waals surface area contributed by atoms with Crippen molar-refractivity contribution >= 4 is 30.6 Å². The van der Waals surface area contributed by atoms with Crippen molar-refractivity contribution in [2.75, 3.05) is 25.0 Å². The number of aromatic nitrogens is 4. The molecule has 1 aliphatic rings. The summed E-state index contributed by atoms with van der Waals surface area (Å²) in [6.45, 7) is 4.77. The number of nitrogens with one attached hydrogen (secondary N) is 2. The van der Waals surface area contributed by atoms with Gasteiger partial charge in [-0.1, -0.05) is 18.2 Å². The van der Waals surface area contributed by atoms with Gasteiger partial charge in [0.15, 0.2) is 0 Å². The number of anilines is 1. The minimum atomic E-state index is 0. The van der Waals surface area contributed by atoms with Crippen molar-refractivity contribution in [3.8, 4) is 5.69 Å². The summed E-state index contributed by atoms with van der Waals surface area (Å²) in [6.07, 6.45) is 6.88. The van der Waals surface area contributed by atoms with Crippen LogP contribution in [0.2, 0.25) is 0 Å². The summed E-state index contributed by atoms with van der Waals surface area (Å²) in [6, 6.07) is 10.2. The molecule has 4 rings (SSSR count). The van der Waals surface area contributed by atoms with Crippen molar-refractivity contribution in [3.63, 3.8) is 0 Å². The maximum absolute atomic E-state index is 4.64. The van der Waals surface area contributed by atoms with E-state index in [1.165, 1.54) is 16.8 Å². The third kappa shape index (κ3) is 5.22. The van der Waals surface area contributed by atoms with E-state index >= 15 is 0 Å². The van der Waals surface area contributed by atoms with Gasteiger partial charge < -0.3 is 10.6 Å². The van der Waals surface area contributed by atoms with Crippen molar-refractivity contribution in [1.82, 2.24) is 25.1 Å². The molecule has 0 aliphatic carbocycles. The molecule has 0 fully saturated rings. The molecular formula is C20H26Cl2N6. The van der Waals surface area contributed by atoms with E-state index in [0.29, 0.717) is 0 Å². The van der Waals surface area contributed by atoms with E-state index in [2.05, 4.69) is 44.0 Å². The lowest BCUT2D eigenvalue weighted by molar-refractivity contribution is 0.708. The van der Waals surface area contributed by atoms with Gasteiger partial charge in [0, 0.05) is 31.3 Å². The maximum Gasteiger partial charge on any atom is 0.133 e. The van der Waals surface area contributed by atoms with Crippen LogP contribution in [-0.4, -0.2) is 39.4 Å². The van der Waals surface area contributed by atoms with Crippen LogP contribution in [0.15, 0.2) is 42.7 Å². The normalized spacial score (nSPS) is 12.9. The van der Waals surface area contributed by atoms with Crippen LogP contribution in [0, 0.1) is 6.92 Å². The number of fused-ring (bicyclic) bond motifs is 1. The lowest BCUT2D eigenvalue weighted by atomic mass is 10.1. The Morgan fingerprint density at radius 1 is 1.07 bits per heavy atom. The van der Waals surface area contributed by atoms with Crippen LogP contribution in [0.4, 0.5) is 5.82 Å². The van der Waals surface area contributed by atoms with Gasteiger partial charge in [-0.15, -0.1) is 24.8 Å². The van der Waals surface area contributed by atoms with Gasteiger partial charge in [-0.25, -0.2) is 14.6 Å². The molecule has 0 bridgehead atoms. The topological polar surface area (TPSA) is 67.7 Å². The van der Waals surface area contributed by atoms with Crippen LogP contribution in [0.5, 0.6) is 0 Å². The second kappa shape index (κ2) is 10.4. The molecule has 3 heterocycles. The van der Waals surface area contributed by atoms with Gasteiger partial charge >= 0.3 is 0 Å². The molecule has 6 nitrogen and oxygen atoms in total. The minimum absolute atomic E-state index is 0. The Kier molecular flexibility index (Phi) is 8.23. The highest BCUT2D eigenvalue weighted by Gasteiger charge is 2.15. The fourth-order valence-electron chi connectivity index (χ4n) is 3.35. The van der Waals surface area contributed by atoms with E-state index in [9.17, 15) is 0 Å². The van der Waals surface area contributed by atoms with Gasteiger partial charge in [-0.05, 0) is 44.0 Å². The number of aryl methyl sites for hydroxylation is 1. The number of halogens is 2. The minimum Gasteiger partial charge on any atom is -0.369 e. The van der Waals surface area contributed by atoms with Crippen LogP contribution in [0.3, 0.4) is 0 Å². The zero-order valence-corrected chi connectivity index (χ0v) is 17.5. The highest BCUT2D eigenvalue weighted by Crippen LogP contribution is 2.19. The van der Waals surface area contributed by atoms with Crippen LogP contribution in [0.25, 0.3) is 5.69 Å². The molecule has 28 heavy (non-hydrogen) atoms. The molecule has 2 aromatic heterocycles. The zero-order valence-electron chi connectivity index (χ0n) is 15.9. The maximum atomic E-state index is 4.64. The average molecular weight is 421 g/mol. The van der Waals surface area contributed by atoms with Gasteiger partial charge in [0.1, 0.15) is 11.6 Å². The lowest BCUT2D eigenvalue weighted by Gasteiger charge is -2.13. The summed E-state index contributed by atoms with van der Waals surface area (Å²) in [5, 5.41) is 11.4. The van der Waals surface area contributed by atoms with Gasteiger partial charge in [0.2, 0.25) is 0 Å². The first-order chi connectivity index (χ1) is 12.8.